The van der Waals surface area contributed by atoms with Crippen LogP contribution in [0.15, 0.2) is 36.8 Å². The van der Waals surface area contributed by atoms with E-state index in [2.05, 4.69) is 25.8 Å². The molecule has 1 aromatic carbocycles. The van der Waals surface area contributed by atoms with Gasteiger partial charge in [-0.1, -0.05) is 11.3 Å². The van der Waals surface area contributed by atoms with Crippen molar-refractivity contribution in [3.05, 3.63) is 53.2 Å². The van der Waals surface area contributed by atoms with Gasteiger partial charge in [-0.05, 0) is 41.6 Å². The fourth-order valence-electron chi connectivity index (χ4n) is 2.55. The molecule has 0 bridgehead atoms. The van der Waals surface area contributed by atoms with Gasteiger partial charge in [-0.25, -0.2) is 14.1 Å². The van der Waals surface area contributed by atoms with E-state index in [1.807, 2.05) is 17.5 Å². The summed E-state index contributed by atoms with van der Waals surface area (Å²) in [7, 11) is 0. The molecule has 0 saturated carbocycles. The van der Waals surface area contributed by atoms with Gasteiger partial charge in [0.05, 0.1) is 12.2 Å². The van der Waals surface area contributed by atoms with Crippen LogP contribution in [-0.4, -0.2) is 35.5 Å². The zero-order valence-electron chi connectivity index (χ0n) is 13.8. The van der Waals surface area contributed by atoms with Gasteiger partial charge in [0.1, 0.15) is 18.7 Å². The highest BCUT2D eigenvalue weighted by Crippen LogP contribution is 2.27. The first-order chi connectivity index (χ1) is 12.6. The van der Waals surface area contributed by atoms with Gasteiger partial charge in [-0.15, -0.1) is 5.10 Å². The number of halogens is 1. The van der Waals surface area contributed by atoms with Crippen LogP contribution in [0.2, 0.25) is 0 Å². The van der Waals surface area contributed by atoms with Crippen LogP contribution in [-0.2, 0) is 17.9 Å². The van der Waals surface area contributed by atoms with Gasteiger partial charge in [-0.2, -0.15) is 0 Å². The number of fused-ring (bicyclic) bond motifs is 1. The number of thiazole rings is 1. The summed E-state index contributed by atoms with van der Waals surface area (Å²) in [5.74, 6) is -0.444. The summed E-state index contributed by atoms with van der Waals surface area (Å²) in [5, 5.41) is 13.5. The Morgan fingerprint density at radius 1 is 1.31 bits per heavy atom. The number of carbonyl (C=O) groups excluding carboxylic acids is 1. The predicted molar refractivity (Wildman–Crippen MR) is 92.9 cm³/mol. The standard InChI is InChI=1S/C16H14FN7OS/c1-10-14(6-18-15(25)8-23-9-19-21-22-23)26-16-20-13(7-24(10)16)11-2-4-12(17)5-3-11/h2-5,7,9H,6,8H2,1H3,(H,18,25). The number of carbonyl (C=O) groups is 1. The van der Waals surface area contributed by atoms with Crippen LogP contribution in [0.1, 0.15) is 10.6 Å². The quantitative estimate of drug-likeness (QED) is 0.578. The van der Waals surface area contributed by atoms with Crippen LogP contribution in [0.5, 0.6) is 0 Å². The summed E-state index contributed by atoms with van der Waals surface area (Å²) in [6.45, 7) is 2.46. The molecule has 0 fully saturated rings. The number of imidazole rings is 1. The van der Waals surface area contributed by atoms with Gasteiger partial charge >= 0.3 is 0 Å². The number of tetrazole rings is 1. The van der Waals surface area contributed by atoms with Crippen molar-refractivity contribution in [1.82, 2.24) is 34.9 Å². The average molecular weight is 371 g/mol. The molecule has 0 aliphatic heterocycles. The zero-order chi connectivity index (χ0) is 18.1. The van der Waals surface area contributed by atoms with Crippen molar-refractivity contribution >= 4 is 22.2 Å². The van der Waals surface area contributed by atoms with Gasteiger partial charge < -0.3 is 5.32 Å². The van der Waals surface area contributed by atoms with Crippen molar-refractivity contribution in [2.24, 2.45) is 0 Å². The van der Waals surface area contributed by atoms with Gasteiger partial charge in [0.25, 0.3) is 0 Å². The lowest BCUT2D eigenvalue weighted by molar-refractivity contribution is -0.122. The normalized spacial score (nSPS) is 11.2. The van der Waals surface area contributed by atoms with E-state index in [1.54, 1.807) is 12.1 Å². The highest BCUT2D eigenvalue weighted by Gasteiger charge is 2.14. The summed E-state index contributed by atoms with van der Waals surface area (Å²) < 4.78 is 16.4. The summed E-state index contributed by atoms with van der Waals surface area (Å²) in [5.41, 5.74) is 2.65. The van der Waals surface area contributed by atoms with E-state index in [0.29, 0.717) is 6.54 Å². The number of rotatable bonds is 5. The van der Waals surface area contributed by atoms with E-state index in [9.17, 15) is 9.18 Å². The highest BCUT2D eigenvalue weighted by atomic mass is 32.1. The molecular weight excluding hydrogens is 357 g/mol. The minimum atomic E-state index is -0.273. The van der Waals surface area contributed by atoms with Crippen molar-refractivity contribution in [1.29, 1.82) is 0 Å². The maximum Gasteiger partial charge on any atom is 0.242 e. The van der Waals surface area contributed by atoms with Gasteiger partial charge in [0.15, 0.2) is 4.96 Å². The largest absolute Gasteiger partial charge is 0.350 e. The van der Waals surface area contributed by atoms with Gasteiger partial charge in [0.2, 0.25) is 5.91 Å². The van der Waals surface area contributed by atoms with Crippen LogP contribution in [0.25, 0.3) is 16.2 Å². The molecule has 0 saturated heterocycles. The summed E-state index contributed by atoms with van der Waals surface area (Å²) in [4.78, 5) is 18.4. The maximum atomic E-state index is 13.1. The fraction of sp³-hybridized carbons (Fsp3) is 0.188. The molecule has 3 heterocycles. The van der Waals surface area contributed by atoms with E-state index >= 15 is 0 Å². The Morgan fingerprint density at radius 3 is 2.81 bits per heavy atom. The van der Waals surface area contributed by atoms with Gasteiger partial charge in [-0.3, -0.25) is 9.20 Å². The smallest absolute Gasteiger partial charge is 0.242 e. The molecule has 1 N–H and O–H groups in total. The molecule has 0 spiro atoms. The van der Waals surface area contributed by atoms with Crippen molar-refractivity contribution in [3.63, 3.8) is 0 Å². The Kier molecular flexibility index (Phi) is 4.17. The first-order valence-corrected chi connectivity index (χ1v) is 8.62. The Balaban J connectivity index is 1.48. The molecule has 3 aromatic heterocycles. The molecule has 0 aliphatic carbocycles. The fourth-order valence-corrected chi connectivity index (χ4v) is 3.60. The number of aromatic nitrogens is 6. The first-order valence-electron chi connectivity index (χ1n) is 7.81. The molecule has 0 unspecified atom stereocenters. The Labute approximate surface area is 151 Å². The van der Waals surface area contributed by atoms with Crippen molar-refractivity contribution < 1.29 is 9.18 Å². The Morgan fingerprint density at radius 2 is 2.12 bits per heavy atom. The lowest BCUT2D eigenvalue weighted by Crippen LogP contribution is -2.27. The summed E-state index contributed by atoms with van der Waals surface area (Å²) in [6, 6.07) is 6.25. The second-order valence-electron chi connectivity index (χ2n) is 5.68. The van der Waals surface area contributed by atoms with Crippen LogP contribution >= 0.6 is 11.3 Å². The highest BCUT2D eigenvalue weighted by molar-refractivity contribution is 7.17. The van der Waals surface area contributed by atoms with E-state index in [4.69, 9.17) is 0 Å². The van der Waals surface area contributed by atoms with Crippen molar-refractivity contribution in [2.45, 2.75) is 20.0 Å². The van der Waals surface area contributed by atoms with E-state index in [-0.39, 0.29) is 18.3 Å². The second kappa shape index (κ2) is 6.64. The van der Waals surface area contributed by atoms with Crippen LogP contribution < -0.4 is 5.32 Å². The lowest BCUT2D eigenvalue weighted by Gasteiger charge is -2.04. The number of hydrogen-bond donors (Lipinski definition) is 1. The average Bonchev–Trinajstić information content (AvgIpc) is 3.33. The summed E-state index contributed by atoms with van der Waals surface area (Å²) in [6.07, 6.45) is 3.31. The minimum absolute atomic E-state index is 0.0727. The Hall–Kier alpha value is -3.14. The molecule has 4 aromatic rings. The molecule has 0 aliphatic rings. The number of nitrogens with one attached hydrogen (secondary N) is 1. The molecule has 10 heteroatoms. The van der Waals surface area contributed by atoms with Gasteiger partial charge in [0, 0.05) is 22.3 Å². The monoisotopic (exact) mass is 371 g/mol. The van der Waals surface area contributed by atoms with E-state index < -0.39 is 0 Å². The molecule has 1 amide bonds. The zero-order valence-corrected chi connectivity index (χ0v) is 14.6. The molecule has 26 heavy (non-hydrogen) atoms. The van der Waals surface area contributed by atoms with Crippen LogP contribution in [0.4, 0.5) is 4.39 Å². The molecule has 0 radical (unpaired) electrons. The third-order valence-corrected chi connectivity index (χ3v) is 5.09. The Bertz CT molecular complexity index is 1050. The molecular formula is C16H14FN7OS. The number of benzene rings is 1. The number of nitrogens with zero attached hydrogens (tertiary/aromatic N) is 6. The summed E-state index contributed by atoms with van der Waals surface area (Å²) >= 11 is 1.51. The molecule has 0 atom stereocenters. The third kappa shape index (κ3) is 3.18. The van der Waals surface area contributed by atoms with Crippen LogP contribution in [0, 0.1) is 12.7 Å². The topological polar surface area (TPSA) is 90.0 Å². The van der Waals surface area contributed by atoms with E-state index in [1.165, 1.54) is 34.5 Å². The molecule has 8 nitrogen and oxygen atoms in total. The number of amides is 1. The van der Waals surface area contributed by atoms with Crippen molar-refractivity contribution in [2.75, 3.05) is 0 Å². The maximum absolute atomic E-state index is 13.1. The number of aryl methyl sites for hydroxylation is 1. The predicted octanol–water partition coefficient (Wildman–Crippen LogP) is 1.81. The van der Waals surface area contributed by atoms with Crippen molar-refractivity contribution in [3.8, 4) is 11.3 Å². The van der Waals surface area contributed by atoms with E-state index in [0.717, 1.165) is 26.8 Å². The number of hydrogen-bond acceptors (Lipinski definition) is 6. The lowest BCUT2D eigenvalue weighted by atomic mass is 10.2. The molecule has 4 rings (SSSR count). The first kappa shape index (κ1) is 16.3. The SMILES string of the molecule is Cc1c(CNC(=O)Cn2cnnn2)sc2nc(-c3ccc(F)cc3)cn12. The molecule has 132 valence electrons. The minimum Gasteiger partial charge on any atom is -0.350 e. The third-order valence-electron chi connectivity index (χ3n) is 3.94. The second-order valence-corrected chi connectivity index (χ2v) is 6.74. The van der Waals surface area contributed by atoms with Crippen LogP contribution in [0.3, 0.4) is 0 Å².